The average molecular weight is 376 g/mol. The largest absolute Gasteiger partial charge is 0.491 e. The van der Waals surface area contributed by atoms with Crippen LogP contribution in [0.1, 0.15) is 32.3 Å². The predicted molar refractivity (Wildman–Crippen MR) is 110 cm³/mol. The highest BCUT2D eigenvalue weighted by Gasteiger charge is 2.25. The average Bonchev–Trinajstić information content (AvgIpc) is 2.65. The third kappa shape index (κ3) is 6.75. The lowest BCUT2D eigenvalue weighted by Crippen LogP contribution is -2.47. The molecule has 2 aliphatic heterocycles. The van der Waals surface area contributed by atoms with Crippen LogP contribution >= 0.6 is 0 Å². The summed E-state index contributed by atoms with van der Waals surface area (Å²) < 4.78 is 5.80. The first-order chi connectivity index (χ1) is 12.9. The lowest BCUT2D eigenvalue weighted by molar-refractivity contribution is 0.0504. The zero-order chi connectivity index (χ0) is 19.3. The van der Waals surface area contributed by atoms with Gasteiger partial charge in [0.15, 0.2) is 0 Å². The molecule has 5 nitrogen and oxygen atoms in total. The van der Waals surface area contributed by atoms with Crippen LogP contribution < -0.4 is 4.74 Å². The topological polar surface area (TPSA) is 39.2 Å². The summed E-state index contributed by atoms with van der Waals surface area (Å²) in [6.45, 7) is 13.4. The smallest absolute Gasteiger partial charge is 0.119 e. The van der Waals surface area contributed by atoms with Gasteiger partial charge in [-0.1, -0.05) is 26.0 Å². The Bertz CT molecular complexity index is 557. The van der Waals surface area contributed by atoms with E-state index >= 15 is 0 Å². The third-order valence-corrected chi connectivity index (χ3v) is 6.05. The molecule has 0 spiro atoms. The SMILES string of the molecule is CN1CCN(CC(O)COc2ccc(CN3CCC(C)(C)CC3)cc2)CC1. The zero-order valence-corrected chi connectivity index (χ0v) is 17.4. The number of rotatable bonds is 7. The van der Waals surface area contributed by atoms with Gasteiger partial charge in [0.05, 0.1) is 0 Å². The maximum absolute atomic E-state index is 10.3. The Hall–Kier alpha value is -1.14. The van der Waals surface area contributed by atoms with E-state index < -0.39 is 6.10 Å². The van der Waals surface area contributed by atoms with Crippen LogP contribution in [-0.2, 0) is 6.54 Å². The van der Waals surface area contributed by atoms with Crippen molar-refractivity contribution in [3.63, 3.8) is 0 Å². The molecule has 1 N–H and O–H groups in total. The molecule has 1 aromatic carbocycles. The second-order valence-corrected chi connectivity index (χ2v) is 9.15. The molecule has 2 saturated heterocycles. The van der Waals surface area contributed by atoms with Crippen LogP contribution in [0.15, 0.2) is 24.3 Å². The van der Waals surface area contributed by atoms with E-state index in [9.17, 15) is 5.11 Å². The van der Waals surface area contributed by atoms with Crippen LogP contribution in [0, 0.1) is 5.41 Å². The van der Waals surface area contributed by atoms with E-state index in [2.05, 4.69) is 47.7 Å². The number of likely N-dealkylation sites (tertiary alicyclic amines) is 1. The van der Waals surface area contributed by atoms with Crippen LogP contribution in [0.25, 0.3) is 0 Å². The second kappa shape index (κ2) is 9.37. The molecule has 1 aromatic rings. The quantitative estimate of drug-likeness (QED) is 0.792. The van der Waals surface area contributed by atoms with Crippen LogP contribution in [-0.4, -0.2) is 85.4 Å². The Morgan fingerprint density at radius 3 is 2.22 bits per heavy atom. The summed E-state index contributed by atoms with van der Waals surface area (Å²) in [6, 6.07) is 8.38. The molecular formula is C22H37N3O2. The number of hydrogen-bond donors (Lipinski definition) is 1. The molecular weight excluding hydrogens is 338 g/mol. The summed E-state index contributed by atoms with van der Waals surface area (Å²) in [6.07, 6.45) is 2.11. The van der Waals surface area contributed by atoms with Gasteiger partial charge in [-0.15, -0.1) is 0 Å². The molecule has 1 unspecified atom stereocenters. The monoisotopic (exact) mass is 375 g/mol. The molecule has 3 rings (SSSR count). The molecule has 152 valence electrons. The van der Waals surface area contributed by atoms with Gasteiger partial charge < -0.3 is 14.7 Å². The van der Waals surface area contributed by atoms with Gasteiger partial charge in [-0.3, -0.25) is 9.80 Å². The van der Waals surface area contributed by atoms with Crippen LogP contribution in [0.3, 0.4) is 0 Å². The number of ether oxygens (including phenoxy) is 1. The number of aliphatic hydroxyl groups is 1. The Kier molecular flexibility index (Phi) is 7.15. The first-order valence-electron chi connectivity index (χ1n) is 10.4. The van der Waals surface area contributed by atoms with E-state index in [1.807, 2.05) is 12.1 Å². The van der Waals surface area contributed by atoms with Crippen molar-refractivity contribution >= 4 is 0 Å². The summed E-state index contributed by atoms with van der Waals surface area (Å²) in [5.41, 5.74) is 1.83. The van der Waals surface area contributed by atoms with Crippen molar-refractivity contribution in [3.8, 4) is 5.75 Å². The van der Waals surface area contributed by atoms with Gasteiger partial charge in [0.1, 0.15) is 18.5 Å². The molecule has 27 heavy (non-hydrogen) atoms. The van der Waals surface area contributed by atoms with Crippen molar-refractivity contribution in [2.24, 2.45) is 5.41 Å². The molecule has 2 aliphatic rings. The van der Waals surface area contributed by atoms with Gasteiger partial charge in [0.2, 0.25) is 0 Å². The van der Waals surface area contributed by atoms with E-state index in [0.717, 1.165) is 38.5 Å². The van der Waals surface area contributed by atoms with E-state index in [4.69, 9.17) is 4.74 Å². The van der Waals surface area contributed by atoms with E-state index in [1.54, 1.807) is 0 Å². The van der Waals surface area contributed by atoms with Crippen molar-refractivity contribution in [1.29, 1.82) is 0 Å². The highest BCUT2D eigenvalue weighted by atomic mass is 16.5. The molecule has 2 fully saturated rings. The van der Waals surface area contributed by atoms with Gasteiger partial charge >= 0.3 is 0 Å². The number of likely N-dealkylation sites (N-methyl/N-ethyl adjacent to an activating group) is 1. The molecule has 5 heteroatoms. The predicted octanol–water partition coefficient (Wildman–Crippen LogP) is 2.30. The molecule has 0 radical (unpaired) electrons. The minimum atomic E-state index is -0.440. The highest BCUT2D eigenvalue weighted by Crippen LogP contribution is 2.30. The summed E-state index contributed by atoms with van der Waals surface area (Å²) >= 11 is 0. The lowest BCUT2D eigenvalue weighted by atomic mass is 9.82. The van der Waals surface area contributed by atoms with Crippen LogP contribution in [0.5, 0.6) is 5.75 Å². The highest BCUT2D eigenvalue weighted by molar-refractivity contribution is 5.27. The Labute approximate surface area is 164 Å². The number of β-amino-alcohol motifs (C(OH)–C–C–N with tert-alkyl or cyclic N) is 1. The fraction of sp³-hybridized carbons (Fsp3) is 0.727. The van der Waals surface area contributed by atoms with Crippen molar-refractivity contribution in [2.45, 2.75) is 39.3 Å². The maximum Gasteiger partial charge on any atom is 0.119 e. The summed E-state index contributed by atoms with van der Waals surface area (Å²) in [7, 11) is 2.15. The van der Waals surface area contributed by atoms with E-state index in [-0.39, 0.29) is 0 Å². The summed E-state index contributed by atoms with van der Waals surface area (Å²) in [5.74, 6) is 0.843. The number of aliphatic hydroxyl groups excluding tert-OH is 1. The maximum atomic E-state index is 10.3. The fourth-order valence-electron chi connectivity index (χ4n) is 3.84. The number of nitrogens with zero attached hydrogens (tertiary/aromatic N) is 3. The molecule has 0 bridgehead atoms. The van der Waals surface area contributed by atoms with Gasteiger partial charge in [0.25, 0.3) is 0 Å². The van der Waals surface area contributed by atoms with Gasteiger partial charge in [0, 0.05) is 39.3 Å². The standard InChI is InChI=1S/C22H37N3O2/c1-22(2)8-10-24(11-9-22)16-19-4-6-21(7-5-19)27-18-20(26)17-25-14-12-23(3)13-15-25/h4-7,20,26H,8-18H2,1-3H3. The van der Waals surface area contributed by atoms with Crippen molar-refractivity contribution in [3.05, 3.63) is 29.8 Å². The zero-order valence-electron chi connectivity index (χ0n) is 17.4. The lowest BCUT2D eigenvalue weighted by Gasteiger charge is -2.36. The normalized spacial score (nSPS) is 23.3. The summed E-state index contributed by atoms with van der Waals surface area (Å²) in [4.78, 5) is 7.18. The van der Waals surface area contributed by atoms with Crippen LogP contribution in [0.2, 0.25) is 0 Å². The van der Waals surface area contributed by atoms with Crippen molar-refractivity contribution in [2.75, 3.05) is 59.5 Å². The number of piperazine rings is 1. The van der Waals surface area contributed by atoms with E-state index in [1.165, 1.54) is 31.5 Å². The van der Waals surface area contributed by atoms with Gasteiger partial charge in [-0.2, -0.15) is 0 Å². The summed E-state index contributed by atoms with van der Waals surface area (Å²) in [5, 5.41) is 10.3. The molecule has 0 aromatic heterocycles. The molecule has 0 saturated carbocycles. The van der Waals surface area contributed by atoms with Crippen molar-refractivity contribution in [1.82, 2.24) is 14.7 Å². The number of hydrogen-bond acceptors (Lipinski definition) is 5. The molecule has 0 aliphatic carbocycles. The Balaban J connectivity index is 1.37. The molecule has 1 atom stereocenters. The van der Waals surface area contributed by atoms with E-state index in [0.29, 0.717) is 18.6 Å². The third-order valence-electron chi connectivity index (χ3n) is 6.05. The van der Waals surface area contributed by atoms with Gasteiger partial charge in [-0.05, 0) is 56.1 Å². The van der Waals surface area contributed by atoms with Gasteiger partial charge in [-0.25, -0.2) is 0 Å². The van der Waals surface area contributed by atoms with Crippen LogP contribution in [0.4, 0.5) is 0 Å². The minimum Gasteiger partial charge on any atom is -0.491 e. The molecule has 0 amide bonds. The van der Waals surface area contributed by atoms with Crippen molar-refractivity contribution < 1.29 is 9.84 Å². The first kappa shape index (κ1) is 20.6. The molecule has 2 heterocycles. The minimum absolute atomic E-state index is 0.354. The fourth-order valence-corrected chi connectivity index (χ4v) is 3.84. The first-order valence-corrected chi connectivity index (χ1v) is 10.4. The number of piperidine rings is 1. The Morgan fingerprint density at radius 2 is 1.59 bits per heavy atom. The Morgan fingerprint density at radius 1 is 0.963 bits per heavy atom. The second-order valence-electron chi connectivity index (χ2n) is 9.15. The number of benzene rings is 1.